The molecule has 4 heteroatoms. The van der Waals surface area contributed by atoms with Gasteiger partial charge in [0, 0.05) is 26.7 Å². The molecule has 0 saturated heterocycles. The summed E-state index contributed by atoms with van der Waals surface area (Å²) in [5.41, 5.74) is 6.01. The van der Waals surface area contributed by atoms with Crippen molar-refractivity contribution >= 4 is 32.8 Å². The number of hydrogen-bond acceptors (Lipinski definition) is 4. The van der Waals surface area contributed by atoms with E-state index in [1.54, 1.807) is 11.3 Å². The monoisotopic (exact) mass is 367 g/mol. The second kappa shape index (κ2) is 6.20. The Morgan fingerprint density at radius 2 is 1.81 bits per heavy atom. The Morgan fingerprint density at radius 3 is 2.58 bits per heavy atom. The molecule has 4 rings (SSSR count). The summed E-state index contributed by atoms with van der Waals surface area (Å²) in [5.74, 6) is 1.71. The van der Waals surface area contributed by atoms with E-state index in [4.69, 9.17) is 9.47 Å². The quantitative estimate of drug-likeness (QED) is 0.574. The van der Waals surface area contributed by atoms with Crippen LogP contribution in [-0.4, -0.2) is 13.2 Å². The maximum absolute atomic E-state index is 5.86. The molecule has 0 amide bonds. The standard InChI is InChI=1S/C22H25NO2S/c1-13-10-18-21(25-9-8-24-18)14(2)20(13)23-17-12-26-19-7-6-15(11-16(17)19)22(3,4)5/h6-7,10-12,23H,8-9H2,1-5H3. The second-order valence-electron chi connectivity index (χ2n) is 7.95. The lowest BCUT2D eigenvalue weighted by atomic mass is 9.86. The van der Waals surface area contributed by atoms with Gasteiger partial charge >= 0.3 is 0 Å². The molecule has 0 fully saturated rings. The van der Waals surface area contributed by atoms with Crippen molar-refractivity contribution in [1.29, 1.82) is 0 Å². The van der Waals surface area contributed by atoms with Gasteiger partial charge in [-0.2, -0.15) is 0 Å². The minimum atomic E-state index is 0.135. The van der Waals surface area contributed by atoms with Crippen molar-refractivity contribution in [1.82, 2.24) is 0 Å². The highest BCUT2D eigenvalue weighted by atomic mass is 32.1. The van der Waals surface area contributed by atoms with Crippen LogP contribution in [0.15, 0.2) is 29.6 Å². The van der Waals surface area contributed by atoms with Gasteiger partial charge in [-0.15, -0.1) is 11.3 Å². The van der Waals surface area contributed by atoms with Crippen LogP contribution < -0.4 is 14.8 Å². The summed E-state index contributed by atoms with van der Waals surface area (Å²) in [5, 5.41) is 7.14. The third kappa shape index (κ3) is 2.92. The fourth-order valence-electron chi connectivity index (χ4n) is 3.43. The fraction of sp³-hybridized carbons (Fsp3) is 0.364. The third-order valence-electron chi connectivity index (χ3n) is 4.97. The lowest BCUT2D eigenvalue weighted by Crippen LogP contribution is -2.17. The number of benzene rings is 2. The maximum atomic E-state index is 5.86. The van der Waals surface area contributed by atoms with Crippen molar-refractivity contribution in [3.8, 4) is 11.5 Å². The third-order valence-corrected chi connectivity index (χ3v) is 5.93. The SMILES string of the molecule is Cc1cc2c(c(C)c1Nc1csc3ccc(C(C)(C)C)cc13)OCCO2. The summed E-state index contributed by atoms with van der Waals surface area (Å²) in [6.07, 6.45) is 0. The van der Waals surface area contributed by atoms with Gasteiger partial charge in [0.1, 0.15) is 13.2 Å². The number of thiophene rings is 1. The molecule has 0 aliphatic carbocycles. The smallest absolute Gasteiger partial charge is 0.166 e. The molecular weight excluding hydrogens is 342 g/mol. The lowest BCUT2D eigenvalue weighted by molar-refractivity contribution is 0.170. The summed E-state index contributed by atoms with van der Waals surface area (Å²) < 4.78 is 12.9. The molecule has 2 aromatic carbocycles. The van der Waals surface area contributed by atoms with Crippen LogP contribution in [0.1, 0.15) is 37.5 Å². The summed E-state index contributed by atoms with van der Waals surface area (Å²) in [6, 6.07) is 8.86. The highest BCUT2D eigenvalue weighted by Gasteiger charge is 2.20. The average Bonchev–Trinajstić information content (AvgIpc) is 3.00. The van der Waals surface area contributed by atoms with Crippen molar-refractivity contribution < 1.29 is 9.47 Å². The van der Waals surface area contributed by atoms with E-state index in [1.807, 2.05) is 0 Å². The summed E-state index contributed by atoms with van der Waals surface area (Å²) in [6.45, 7) is 12.2. The minimum absolute atomic E-state index is 0.135. The van der Waals surface area contributed by atoms with Crippen LogP contribution >= 0.6 is 11.3 Å². The van der Waals surface area contributed by atoms with Gasteiger partial charge in [-0.3, -0.25) is 0 Å². The molecule has 0 radical (unpaired) electrons. The zero-order chi connectivity index (χ0) is 18.5. The first-order chi connectivity index (χ1) is 12.3. The molecule has 0 unspecified atom stereocenters. The van der Waals surface area contributed by atoms with Gasteiger partial charge < -0.3 is 14.8 Å². The Kier molecular flexibility index (Phi) is 4.11. The van der Waals surface area contributed by atoms with E-state index >= 15 is 0 Å². The van der Waals surface area contributed by atoms with Crippen LogP contribution in [0, 0.1) is 13.8 Å². The second-order valence-corrected chi connectivity index (χ2v) is 8.86. The molecule has 1 aromatic heterocycles. The van der Waals surface area contributed by atoms with Gasteiger partial charge in [0.2, 0.25) is 0 Å². The fourth-order valence-corrected chi connectivity index (χ4v) is 4.30. The van der Waals surface area contributed by atoms with Crippen LogP contribution in [0.25, 0.3) is 10.1 Å². The Bertz CT molecular complexity index is 982. The highest BCUT2D eigenvalue weighted by Crippen LogP contribution is 2.43. The predicted molar refractivity (Wildman–Crippen MR) is 111 cm³/mol. The zero-order valence-electron chi connectivity index (χ0n) is 16.0. The first-order valence-corrected chi connectivity index (χ1v) is 9.91. The first kappa shape index (κ1) is 17.2. The number of hydrogen-bond donors (Lipinski definition) is 1. The molecule has 3 aromatic rings. The molecule has 0 spiro atoms. The van der Waals surface area contributed by atoms with E-state index in [0.29, 0.717) is 13.2 Å². The number of ether oxygens (including phenoxy) is 2. The Hall–Kier alpha value is -2.20. The van der Waals surface area contributed by atoms with Crippen molar-refractivity contribution in [2.75, 3.05) is 18.5 Å². The van der Waals surface area contributed by atoms with Crippen LogP contribution in [0.3, 0.4) is 0 Å². The number of aryl methyl sites for hydroxylation is 1. The maximum Gasteiger partial charge on any atom is 0.166 e. The van der Waals surface area contributed by atoms with Gasteiger partial charge in [-0.05, 0) is 48.6 Å². The van der Waals surface area contributed by atoms with Gasteiger partial charge in [0.25, 0.3) is 0 Å². The topological polar surface area (TPSA) is 30.5 Å². The Balaban J connectivity index is 1.78. The molecule has 136 valence electrons. The molecule has 0 atom stereocenters. The van der Waals surface area contributed by atoms with Crippen LogP contribution in [0.4, 0.5) is 11.4 Å². The van der Waals surface area contributed by atoms with Crippen LogP contribution in [-0.2, 0) is 5.41 Å². The van der Waals surface area contributed by atoms with Crippen LogP contribution in [0.5, 0.6) is 11.5 Å². The minimum Gasteiger partial charge on any atom is -0.486 e. The largest absolute Gasteiger partial charge is 0.486 e. The van der Waals surface area contributed by atoms with Gasteiger partial charge in [0.15, 0.2) is 11.5 Å². The molecular formula is C22H25NO2S. The van der Waals surface area contributed by atoms with E-state index in [2.05, 4.69) is 69.6 Å². The van der Waals surface area contributed by atoms with E-state index in [-0.39, 0.29) is 5.41 Å². The number of anilines is 2. The van der Waals surface area contributed by atoms with E-state index < -0.39 is 0 Å². The molecule has 0 saturated carbocycles. The highest BCUT2D eigenvalue weighted by molar-refractivity contribution is 7.17. The molecule has 1 aliphatic heterocycles. The molecule has 1 aliphatic rings. The lowest BCUT2D eigenvalue weighted by Gasteiger charge is -2.24. The number of rotatable bonds is 2. The molecule has 26 heavy (non-hydrogen) atoms. The normalized spacial score (nSPS) is 13.9. The summed E-state index contributed by atoms with van der Waals surface area (Å²) in [4.78, 5) is 0. The van der Waals surface area contributed by atoms with Gasteiger partial charge in [0.05, 0.1) is 5.69 Å². The summed E-state index contributed by atoms with van der Waals surface area (Å²) in [7, 11) is 0. The molecule has 0 bridgehead atoms. The number of fused-ring (bicyclic) bond motifs is 2. The van der Waals surface area contributed by atoms with Crippen molar-refractivity contribution in [3.05, 3.63) is 46.3 Å². The zero-order valence-corrected chi connectivity index (χ0v) is 16.8. The average molecular weight is 368 g/mol. The molecule has 2 heterocycles. The van der Waals surface area contributed by atoms with Crippen LogP contribution in [0.2, 0.25) is 0 Å². The molecule has 1 N–H and O–H groups in total. The predicted octanol–water partition coefficient (Wildman–Crippen LogP) is 6.33. The summed E-state index contributed by atoms with van der Waals surface area (Å²) >= 11 is 1.77. The Morgan fingerprint density at radius 1 is 1.04 bits per heavy atom. The van der Waals surface area contributed by atoms with E-state index in [1.165, 1.54) is 15.6 Å². The van der Waals surface area contributed by atoms with Crippen molar-refractivity contribution in [3.63, 3.8) is 0 Å². The van der Waals surface area contributed by atoms with E-state index in [0.717, 1.165) is 34.0 Å². The van der Waals surface area contributed by atoms with Crippen molar-refractivity contribution in [2.24, 2.45) is 0 Å². The van der Waals surface area contributed by atoms with Gasteiger partial charge in [-0.1, -0.05) is 26.8 Å². The van der Waals surface area contributed by atoms with Crippen molar-refractivity contribution in [2.45, 2.75) is 40.0 Å². The van der Waals surface area contributed by atoms with Gasteiger partial charge in [-0.25, -0.2) is 0 Å². The first-order valence-electron chi connectivity index (χ1n) is 9.03. The van der Waals surface area contributed by atoms with E-state index in [9.17, 15) is 0 Å². The molecule has 3 nitrogen and oxygen atoms in total. The Labute approximate surface area is 159 Å². The number of nitrogens with one attached hydrogen (secondary N) is 1.